The van der Waals surface area contributed by atoms with E-state index in [1.807, 2.05) is 38.5 Å². The summed E-state index contributed by atoms with van der Waals surface area (Å²) in [5.74, 6) is 0.858. The third-order valence-corrected chi connectivity index (χ3v) is 4.48. The van der Waals surface area contributed by atoms with Crippen LogP contribution in [0, 0.1) is 13.8 Å². The van der Waals surface area contributed by atoms with Gasteiger partial charge in [0.2, 0.25) is 0 Å². The molecule has 0 aliphatic rings. The first-order valence-corrected chi connectivity index (χ1v) is 7.74. The molecule has 0 N–H and O–H groups in total. The van der Waals surface area contributed by atoms with Crippen molar-refractivity contribution >= 4 is 34.1 Å². The molecular formula is C14H15ClN4S. The van der Waals surface area contributed by atoms with Gasteiger partial charge in [0.15, 0.2) is 5.65 Å². The van der Waals surface area contributed by atoms with Gasteiger partial charge >= 0.3 is 0 Å². The van der Waals surface area contributed by atoms with Crippen LogP contribution in [0.5, 0.6) is 0 Å². The Labute approximate surface area is 126 Å². The zero-order chi connectivity index (χ0) is 14.3. The lowest BCUT2D eigenvalue weighted by molar-refractivity contribution is 0.740. The van der Waals surface area contributed by atoms with Crippen molar-refractivity contribution in [1.82, 2.24) is 19.5 Å². The van der Waals surface area contributed by atoms with Crippen LogP contribution in [0.1, 0.15) is 34.3 Å². The maximum Gasteiger partial charge on any atom is 0.160 e. The predicted octanol–water partition coefficient (Wildman–Crippen LogP) is 3.85. The molecule has 4 nitrogen and oxygen atoms in total. The number of rotatable bonds is 3. The van der Waals surface area contributed by atoms with E-state index >= 15 is 0 Å². The highest BCUT2D eigenvalue weighted by Gasteiger charge is 2.18. The average molecular weight is 307 g/mol. The van der Waals surface area contributed by atoms with E-state index in [1.54, 1.807) is 11.3 Å². The minimum absolute atomic E-state index is 0.156. The maximum atomic E-state index is 6.29. The minimum Gasteiger partial charge on any atom is -0.306 e. The van der Waals surface area contributed by atoms with Gasteiger partial charge in [-0.25, -0.2) is 15.0 Å². The Kier molecular flexibility index (Phi) is 3.48. The molecule has 1 unspecified atom stereocenters. The molecule has 0 aromatic carbocycles. The van der Waals surface area contributed by atoms with Crippen molar-refractivity contribution in [3.63, 3.8) is 0 Å². The first-order valence-electron chi connectivity index (χ1n) is 6.42. The average Bonchev–Trinajstić information content (AvgIpc) is 2.96. The summed E-state index contributed by atoms with van der Waals surface area (Å²) < 4.78 is 2.10. The third kappa shape index (κ3) is 2.21. The third-order valence-electron chi connectivity index (χ3n) is 3.37. The Hall–Kier alpha value is -1.46. The van der Waals surface area contributed by atoms with Gasteiger partial charge in [-0.15, -0.1) is 22.9 Å². The quantitative estimate of drug-likeness (QED) is 0.690. The molecule has 3 aromatic heterocycles. The molecular weight excluding hydrogens is 292 g/mol. The normalized spacial score (nSPS) is 13.0. The second-order valence-electron chi connectivity index (χ2n) is 4.83. The molecule has 0 saturated heterocycles. The van der Waals surface area contributed by atoms with Crippen LogP contribution in [0.15, 0.2) is 17.8 Å². The molecule has 1 atom stereocenters. The van der Waals surface area contributed by atoms with Gasteiger partial charge in [0.25, 0.3) is 0 Å². The van der Waals surface area contributed by atoms with Crippen LogP contribution in [0.25, 0.3) is 11.2 Å². The fourth-order valence-electron chi connectivity index (χ4n) is 2.24. The van der Waals surface area contributed by atoms with Crippen molar-refractivity contribution in [3.05, 3.63) is 39.7 Å². The van der Waals surface area contributed by atoms with Crippen molar-refractivity contribution in [1.29, 1.82) is 0 Å². The molecule has 0 amide bonds. The van der Waals surface area contributed by atoms with Gasteiger partial charge in [-0.05, 0) is 32.4 Å². The lowest BCUT2D eigenvalue weighted by Crippen LogP contribution is -2.06. The number of thiazole rings is 1. The van der Waals surface area contributed by atoms with Crippen LogP contribution < -0.4 is 0 Å². The van der Waals surface area contributed by atoms with Crippen LogP contribution in [0.3, 0.4) is 0 Å². The maximum absolute atomic E-state index is 6.29. The standard InChI is InChI=1S/C14H15ClN4S/c1-8-4-5-16-14-12(8)18-13(9(2)15)19(14)6-11-10(3)17-7-20-11/h4-5,7,9H,6H2,1-3H3. The Morgan fingerprint density at radius 2 is 2.15 bits per heavy atom. The number of fused-ring (bicyclic) bond motifs is 1. The minimum atomic E-state index is -0.156. The topological polar surface area (TPSA) is 43.6 Å². The summed E-state index contributed by atoms with van der Waals surface area (Å²) in [7, 11) is 0. The molecule has 6 heteroatoms. The fraction of sp³-hybridized carbons (Fsp3) is 0.357. The molecule has 0 aliphatic heterocycles. The number of aromatic nitrogens is 4. The molecule has 3 heterocycles. The van der Waals surface area contributed by atoms with Gasteiger partial charge in [0.05, 0.1) is 23.1 Å². The predicted molar refractivity (Wildman–Crippen MR) is 82.5 cm³/mol. The van der Waals surface area contributed by atoms with Crippen molar-refractivity contribution in [3.8, 4) is 0 Å². The van der Waals surface area contributed by atoms with Crippen molar-refractivity contribution in [2.24, 2.45) is 0 Å². The summed E-state index contributed by atoms with van der Waals surface area (Å²) in [4.78, 5) is 14.7. The van der Waals surface area contributed by atoms with Gasteiger partial charge in [-0.3, -0.25) is 0 Å². The highest BCUT2D eigenvalue weighted by Crippen LogP contribution is 2.27. The zero-order valence-electron chi connectivity index (χ0n) is 11.6. The summed E-state index contributed by atoms with van der Waals surface area (Å²) in [6, 6.07) is 1.97. The van der Waals surface area contributed by atoms with E-state index in [2.05, 4.69) is 19.5 Å². The second-order valence-corrected chi connectivity index (χ2v) is 6.43. The summed E-state index contributed by atoms with van der Waals surface area (Å²) in [5.41, 5.74) is 5.86. The van der Waals surface area contributed by atoms with Gasteiger partial charge < -0.3 is 4.57 Å². The molecule has 0 radical (unpaired) electrons. The number of hydrogen-bond acceptors (Lipinski definition) is 4. The van der Waals surface area contributed by atoms with E-state index in [4.69, 9.17) is 11.6 Å². The van der Waals surface area contributed by atoms with Crippen molar-refractivity contribution < 1.29 is 0 Å². The van der Waals surface area contributed by atoms with Crippen LogP contribution in [0.2, 0.25) is 0 Å². The Morgan fingerprint density at radius 3 is 2.80 bits per heavy atom. The van der Waals surface area contributed by atoms with Crippen molar-refractivity contribution in [2.75, 3.05) is 0 Å². The number of imidazole rings is 1. The van der Waals surface area contributed by atoms with Gasteiger partial charge in [0.1, 0.15) is 11.3 Å². The molecule has 0 bridgehead atoms. The van der Waals surface area contributed by atoms with Gasteiger partial charge in [-0.2, -0.15) is 0 Å². The van der Waals surface area contributed by atoms with E-state index in [0.29, 0.717) is 0 Å². The first kappa shape index (κ1) is 13.5. The summed E-state index contributed by atoms with van der Waals surface area (Å²) >= 11 is 7.94. The fourth-order valence-corrected chi connectivity index (χ4v) is 3.17. The van der Waals surface area contributed by atoms with Crippen LogP contribution in [0.4, 0.5) is 0 Å². The van der Waals surface area contributed by atoms with Crippen molar-refractivity contribution in [2.45, 2.75) is 32.7 Å². The number of aryl methyl sites for hydroxylation is 2. The molecule has 0 spiro atoms. The zero-order valence-corrected chi connectivity index (χ0v) is 13.2. The molecule has 20 heavy (non-hydrogen) atoms. The molecule has 3 rings (SSSR count). The molecule has 0 saturated carbocycles. The van der Waals surface area contributed by atoms with Crippen LogP contribution in [-0.4, -0.2) is 19.5 Å². The smallest absolute Gasteiger partial charge is 0.160 e. The number of alkyl halides is 1. The highest BCUT2D eigenvalue weighted by atomic mass is 35.5. The van der Waals surface area contributed by atoms with Crippen LogP contribution >= 0.6 is 22.9 Å². The SMILES string of the molecule is Cc1ncsc1Cn1c(C(C)Cl)nc2c(C)ccnc21. The summed E-state index contributed by atoms with van der Waals surface area (Å²) in [6.45, 7) is 6.72. The largest absolute Gasteiger partial charge is 0.306 e. The van der Waals surface area contributed by atoms with Crippen LogP contribution in [-0.2, 0) is 6.54 Å². The van der Waals surface area contributed by atoms with E-state index in [0.717, 1.165) is 34.8 Å². The Balaban J connectivity index is 2.19. The summed E-state index contributed by atoms with van der Waals surface area (Å²) in [5, 5.41) is -0.156. The first-order chi connectivity index (χ1) is 9.58. The number of nitrogens with zero attached hydrogens (tertiary/aromatic N) is 4. The Bertz CT molecular complexity index is 760. The molecule has 0 aliphatic carbocycles. The second kappa shape index (κ2) is 5.14. The summed E-state index contributed by atoms with van der Waals surface area (Å²) in [6.07, 6.45) is 1.82. The van der Waals surface area contributed by atoms with Gasteiger partial charge in [-0.1, -0.05) is 0 Å². The Morgan fingerprint density at radius 1 is 1.35 bits per heavy atom. The van der Waals surface area contributed by atoms with E-state index in [9.17, 15) is 0 Å². The van der Waals surface area contributed by atoms with E-state index in [1.165, 1.54) is 4.88 Å². The molecule has 104 valence electrons. The number of pyridine rings is 1. The molecule has 0 fully saturated rings. The number of hydrogen-bond donors (Lipinski definition) is 0. The lowest BCUT2D eigenvalue weighted by atomic mass is 10.3. The highest BCUT2D eigenvalue weighted by molar-refractivity contribution is 7.09. The monoisotopic (exact) mass is 306 g/mol. The van der Waals surface area contributed by atoms with E-state index in [-0.39, 0.29) is 5.38 Å². The molecule has 3 aromatic rings. The lowest BCUT2D eigenvalue weighted by Gasteiger charge is -2.09. The van der Waals surface area contributed by atoms with E-state index < -0.39 is 0 Å². The number of halogens is 1. The van der Waals surface area contributed by atoms with Gasteiger partial charge in [0, 0.05) is 11.1 Å².